The molecular weight excluding hydrogens is 356 g/mol. The molecule has 0 aliphatic carbocycles. The maximum absolute atomic E-state index is 9.25. The molecule has 0 bridgehead atoms. The summed E-state index contributed by atoms with van der Waals surface area (Å²) in [6.45, 7) is 0. The maximum Gasteiger partial charge on any atom is 0.152 e. The third kappa shape index (κ3) is 1.47. The van der Waals surface area contributed by atoms with Crippen LogP contribution in [0.15, 0.2) is 12.1 Å². The summed E-state index contributed by atoms with van der Waals surface area (Å²) >= 11 is 4.20. The van der Waals surface area contributed by atoms with Crippen molar-refractivity contribution in [2.75, 3.05) is 5.73 Å². The Morgan fingerprint density at radius 2 is 1.90 bits per heavy atom. The van der Waals surface area contributed by atoms with E-state index in [9.17, 15) is 5.11 Å². The standard InChI is InChI=1S/C6H5I2NO/c7-3-1-2-4(9)6(10)5(3)8/h1-2,10H,9H2. The monoisotopic (exact) mass is 361 g/mol. The fraction of sp³-hybridized carbons (Fsp3) is 0. The lowest BCUT2D eigenvalue weighted by Gasteiger charge is -2.01. The van der Waals surface area contributed by atoms with Crippen LogP contribution in [0.3, 0.4) is 0 Å². The van der Waals surface area contributed by atoms with Gasteiger partial charge in [0.25, 0.3) is 0 Å². The van der Waals surface area contributed by atoms with E-state index in [1.165, 1.54) is 0 Å². The summed E-state index contributed by atoms with van der Waals surface area (Å²) in [4.78, 5) is 0. The Morgan fingerprint density at radius 1 is 1.30 bits per heavy atom. The smallest absolute Gasteiger partial charge is 0.152 e. The highest BCUT2D eigenvalue weighted by Crippen LogP contribution is 2.29. The highest BCUT2D eigenvalue weighted by atomic mass is 127. The number of anilines is 1. The van der Waals surface area contributed by atoms with Gasteiger partial charge in [0.15, 0.2) is 5.75 Å². The van der Waals surface area contributed by atoms with Crippen molar-refractivity contribution in [1.82, 2.24) is 0 Å². The molecule has 1 rings (SSSR count). The zero-order chi connectivity index (χ0) is 7.72. The second-order valence-electron chi connectivity index (χ2n) is 1.80. The van der Waals surface area contributed by atoms with E-state index in [1.54, 1.807) is 6.07 Å². The van der Waals surface area contributed by atoms with Gasteiger partial charge in [0.2, 0.25) is 0 Å². The van der Waals surface area contributed by atoms with Crippen molar-refractivity contribution in [3.05, 3.63) is 19.3 Å². The van der Waals surface area contributed by atoms with Crippen LogP contribution in [0.25, 0.3) is 0 Å². The Bertz CT molecular complexity index is 235. The van der Waals surface area contributed by atoms with Crippen molar-refractivity contribution in [2.24, 2.45) is 0 Å². The number of nitrogens with two attached hydrogens (primary N) is 1. The normalized spacial score (nSPS) is 9.80. The third-order valence-corrected chi connectivity index (χ3v) is 4.12. The topological polar surface area (TPSA) is 46.2 Å². The van der Waals surface area contributed by atoms with Gasteiger partial charge in [-0.2, -0.15) is 0 Å². The minimum Gasteiger partial charge on any atom is -0.505 e. The molecule has 0 unspecified atom stereocenters. The maximum atomic E-state index is 9.25. The van der Waals surface area contributed by atoms with Gasteiger partial charge in [-0.3, -0.25) is 0 Å². The summed E-state index contributed by atoms with van der Waals surface area (Å²) in [5.41, 5.74) is 5.87. The first-order valence-electron chi connectivity index (χ1n) is 2.55. The number of phenols is 1. The molecular formula is C6H5I2NO. The molecule has 0 radical (unpaired) electrons. The fourth-order valence-electron chi connectivity index (χ4n) is 0.555. The summed E-state index contributed by atoms with van der Waals surface area (Å²) in [6, 6.07) is 3.57. The minimum absolute atomic E-state index is 0.188. The Labute approximate surface area is 86.1 Å². The van der Waals surface area contributed by atoms with E-state index in [2.05, 4.69) is 45.2 Å². The van der Waals surface area contributed by atoms with Crippen LogP contribution in [0.1, 0.15) is 0 Å². The van der Waals surface area contributed by atoms with Gasteiger partial charge >= 0.3 is 0 Å². The van der Waals surface area contributed by atoms with Gasteiger partial charge in [-0.1, -0.05) is 0 Å². The van der Waals surface area contributed by atoms with E-state index in [0.717, 1.165) is 7.14 Å². The van der Waals surface area contributed by atoms with Gasteiger partial charge in [-0.05, 0) is 57.3 Å². The largest absolute Gasteiger partial charge is 0.505 e. The van der Waals surface area contributed by atoms with Gasteiger partial charge in [0, 0.05) is 3.57 Å². The molecule has 1 aromatic rings. The average molecular weight is 361 g/mol. The van der Waals surface area contributed by atoms with Crippen LogP contribution in [-0.2, 0) is 0 Å². The predicted molar refractivity (Wildman–Crippen MR) is 58.0 cm³/mol. The predicted octanol–water partition coefficient (Wildman–Crippen LogP) is 2.18. The molecule has 0 amide bonds. The van der Waals surface area contributed by atoms with E-state index >= 15 is 0 Å². The summed E-state index contributed by atoms with van der Waals surface area (Å²) in [6.07, 6.45) is 0. The number of halogens is 2. The zero-order valence-corrected chi connectivity index (χ0v) is 9.25. The molecule has 0 aromatic heterocycles. The first-order valence-corrected chi connectivity index (χ1v) is 4.71. The van der Waals surface area contributed by atoms with E-state index in [-0.39, 0.29) is 5.75 Å². The second-order valence-corrected chi connectivity index (χ2v) is 4.04. The van der Waals surface area contributed by atoms with E-state index in [4.69, 9.17) is 5.73 Å². The van der Waals surface area contributed by atoms with Crippen LogP contribution in [0.5, 0.6) is 5.75 Å². The third-order valence-electron chi connectivity index (χ3n) is 1.10. The molecule has 3 N–H and O–H groups in total. The molecule has 2 nitrogen and oxygen atoms in total. The molecule has 0 saturated carbocycles. The van der Waals surface area contributed by atoms with Gasteiger partial charge in [0.05, 0.1) is 9.26 Å². The van der Waals surface area contributed by atoms with Crippen molar-refractivity contribution in [3.8, 4) is 5.75 Å². The number of rotatable bonds is 0. The lowest BCUT2D eigenvalue weighted by Crippen LogP contribution is -1.89. The number of hydrogen-bond donors (Lipinski definition) is 2. The lowest BCUT2D eigenvalue weighted by molar-refractivity contribution is 0.473. The van der Waals surface area contributed by atoms with Gasteiger partial charge in [-0.15, -0.1) is 0 Å². The average Bonchev–Trinajstić information content (AvgIpc) is 1.93. The molecule has 0 aliphatic heterocycles. The van der Waals surface area contributed by atoms with Gasteiger partial charge in [0.1, 0.15) is 0 Å². The van der Waals surface area contributed by atoms with Gasteiger partial charge in [-0.25, -0.2) is 0 Å². The quantitative estimate of drug-likeness (QED) is 0.423. The highest BCUT2D eigenvalue weighted by molar-refractivity contribution is 14.1. The van der Waals surface area contributed by atoms with Crippen LogP contribution >= 0.6 is 45.2 Å². The SMILES string of the molecule is Nc1ccc(I)c(I)c1O. The first-order chi connectivity index (χ1) is 4.63. The molecule has 0 fully saturated rings. The van der Waals surface area contributed by atoms with Gasteiger partial charge < -0.3 is 10.8 Å². The summed E-state index contributed by atoms with van der Waals surface area (Å²) in [7, 11) is 0. The summed E-state index contributed by atoms with van der Waals surface area (Å²) < 4.78 is 1.84. The molecule has 0 spiro atoms. The van der Waals surface area contributed by atoms with Crippen molar-refractivity contribution in [2.45, 2.75) is 0 Å². The number of hydrogen-bond acceptors (Lipinski definition) is 2. The van der Waals surface area contributed by atoms with Crippen LogP contribution in [-0.4, -0.2) is 5.11 Å². The molecule has 54 valence electrons. The fourth-order valence-corrected chi connectivity index (χ4v) is 1.48. The zero-order valence-electron chi connectivity index (χ0n) is 4.94. The summed E-state index contributed by atoms with van der Waals surface area (Å²) in [5.74, 6) is 0.188. The van der Waals surface area contributed by atoms with Crippen LogP contribution < -0.4 is 5.73 Å². The number of nitrogen functional groups attached to an aromatic ring is 1. The first kappa shape index (κ1) is 8.38. The van der Waals surface area contributed by atoms with Crippen molar-refractivity contribution in [3.63, 3.8) is 0 Å². The number of benzene rings is 1. The lowest BCUT2D eigenvalue weighted by atomic mass is 10.3. The minimum atomic E-state index is 0.188. The molecule has 0 saturated heterocycles. The van der Waals surface area contributed by atoms with Crippen LogP contribution in [0.2, 0.25) is 0 Å². The number of aromatic hydroxyl groups is 1. The van der Waals surface area contributed by atoms with Crippen molar-refractivity contribution < 1.29 is 5.11 Å². The summed E-state index contributed by atoms with van der Waals surface area (Å²) in [5, 5.41) is 9.25. The van der Waals surface area contributed by atoms with Crippen molar-refractivity contribution >= 4 is 50.9 Å². The molecule has 0 heterocycles. The highest BCUT2D eigenvalue weighted by Gasteiger charge is 2.04. The van der Waals surface area contributed by atoms with Crippen LogP contribution in [0, 0.1) is 7.14 Å². The Balaban J connectivity index is 3.34. The van der Waals surface area contributed by atoms with E-state index in [1.807, 2.05) is 6.07 Å². The molecule has 0 aliphatic rings. The Kier molecular flexibility index (Phi) is 2.61. The van der Waals surface area contributed by atoms with E-state index < -0.39 is 0 Å². The van der Waals surface area contributed by atoms with Crippen LogP contribution in [0.4, 0.5) is 5.69 Å². The molecule has 1 aromatic carbocycles. The Hall–Kier alpha value is 0.280. The molecule has 4 heteroatoms. The second kappa shape index (κ2) is 3.12. The Morgan fingerprint density at radius 3 is 2.40 bits per heavy atom. The molecule has 0 atom stereocenters. The van der Waals surface area contributed by atoms with Crippen molar-refractivity contribution in [1.29, 1.82) is 0 Å². The van der Waals surface area contributed by atoms with E-state index in [0.29, 0.717) is 5.69 Å². The number of phenolic OH excluding ortho intramolecular Hbond substituents is 1. The molecule has 10 heavy (non-hydrogen) atoms.